The van der Waals surface area contributed by atoms with Crippen molar-refractivity contribution < 1.29 is 24.5 Å². The first-order chi connectivity index (χ1) is 19.6. The van der Waals surface area contributed by atoms with Crippen molar-refractivity contribution in [2.45, 2.75) is 25.0 Å². The summed E-state index contributed by atoms with van der Waals surface area (Å²) in [5.41, 5.74) is 2.21. The molecule has 12 heteroatoms. The number of nitrogens with zero attached hydrogens (tertiary/aromatic N) is 6. The van der Waals surface area contributed by atoms with Crippen LogP contribution >= 0.6 is 0 Å². The van der Waals surface area contributed by atoms with Crippen LogP contribution in [0.2, 0.25) is 0 Å². The molecule has 2 atom stereocenters. The Kier molecular flexibility index (Phi) is 9.24. The van der Waals surface area contributed by atoms with E-state index in [1.54, 1.807) is 17.0 Å². The average molecular weight is 607 g/mol. The van der Waals surface area contributed by atoms with E-state index < -0.39 is 22.4 Å². The predicted octanol–water partition coefficient (Wildman–Crippen LogP) is -0.643. The van der Waals surface area contributed by atoms with Crippen molar-refractivity contribution in [3.8, 4) is 23.2 Å². The summed E-state index contributed by atoms with van der Waals surface area (Å²) >= 11 is -0.803. The summed E-state index contributed by atoms with van der Waals surface area (Å²) in [7, 11) is 0. The minimum atomic E-state index is -0.803. The molecule has 2 fully saturated rings. The van der Waals surface area contributed by atoms with Crippen LogP contribution in [-0.2, 0) is 9.53 Å². The molecule has 40 heavy (non-hydrogen) atoms. The van der Waals surface area contributed by atoms with Crippen LogP contribution in [0.25, 0.3) is 11.4 Å². The number of aliphatic hydroxyl groups is 2. The van der Waals surface area contributed by atoms with Crippen molar-refractivity contribution in [1.29, 1.82) is 5.26 Å². The summed E-state index contributed by atoms with van der Waals surface area (Å²) in [5.74, 6) is 0.723. The monoisotopic (exact) mass is 606 g/mol. The summed E-state index contributed by atoms with van der Waals surface area (Å²) in [5, 5.41) is 28.2. The molecule has 3 aromatic rings. The van der Waals surface area contributed by atoms with Gasteiger partial charge < -0.3 is 5.11 Å². The van der Waals surface area contributed by atoms with E-state index >= 15 is 0 Å². The first-order valence-corrected chi connectivity index (χ1v) is 15.3. The number of morpholine rings is 1. The molecule has 1 amide bonds. The molecule has 2 unspecified atom stereocenters. The van der Waals surface area contributed by atoms with Crippen molar-refractivity contribution in [3.05, 3.63) is 54.4 Å². The molecular formula is C28H31AsN6O5. The van der Waals surface area contributed by atoms with Gasteiger partial charge in [-0.2, -0.15) is 0 Å². The molecule has 0 bridgehead atoms. The third-order valence-electron chi connectivity index (χ3n) is 6.98. The van der Waals surface area contributed by atoms with Gasteiger partial charge >= 0.3 is 217 Å². The number of hydrogen-bond donors (Lipinski definition) is 2. The first kappa shape index (κ1) is 28.0. The summed E-state index contributed by atoms with van der Waals surface area (Å²) in [6.45, 7) is 2.62. The number of piperidine rings is 1. The van der Waals surface area contributed by atoms with Crippen LogP contribution in [0.1, 0.15) is 18.4 Å². The Bertz CT molecular complexity index is 1360. The van der Waals surface area contributed by atoms with Gasteiger partial charge in [0.1, 0.15) is 6.61 Å². The van der Waals surface area contributed by atoms with Crippen LogP contribution in [0.15, 0.2) is 48.8 Å². The standard InChI is InChI=1S/C28H31AsN6O5/c30-14-20-13-19(1-6-25(20)40-23-7-9-34(10-8-23)26(38)17-37)27-31-18-32-28(33-27)29-21-2-4-22(5-3-21)35-11-12-39-24(15-35)16-36/h1-6,13,18,23-24,29,36-37H,7-12,15-17H2. The number of aliphatic hydroxyl groups excluding tert-OH is 2. The predicted molar refractivity (Wildman–Crippen MR) is 149 cm³/mol. The number of carbonyl (C=O) groups is 1. The topological polar surface area (TPSA) is 145 Å². The van der Waals surface area contributed by atoms with Crippen LogP contribution < -0.4 is 18.6 Å². The van der Waals surface area contributed by atoms with Gasteiger partial charge in [0.25, 0.3) is 0 Å². The minimum absolute atomic E-state index is 0.0167. The van der Waals surface area contributed by atoms with E-state index in [4.69, 9.17) is 19.6 Å². The van der Waals surface area contributed by atoms with Crippen LogP contribution in [0.4, 0.5) is 5.69 Å². The third-order valence-corrected chi connectivity index (χ3v) is 9.26. The number of aromatic nitrogens is 3. The number of anilines is 1. The van der Waals surface area contributed by atoms with Gasteiger partial charge in [0.05, 0.1) is 0 Å². The molecule has 2 N–H and O–H groups in total. The van der Waals surface area contributed by atoms with Gasteiger partial charge in [-0.25, -0.2) is 0 Å². The summed E-state index contributed by atoms with van der Waals surface area (Å²) in [4.78, 5) is 29.0. The van der Waals surface area contributed by atoms with Crippen LogP contribution in [-0.4, -0.2) is 110 Å². The van der Waals surface area contributed by atoms with E-state index in [2.05, 4.69) is 45.2 Å². The van der Waals surface area contributed by atoms with Gasteiger partial charge in [0, 0.05) is 0 Å². The Morgan fingerprint density at radius 3 is 2.65 bits per heavy atom. The van der Waals surface area contributed by atoms with Gasteiger partial charge in [-0.05, 0) is 0 Å². The Balaban J connectivity index is 1.23. The normalized spacial score (nSPS) is 18.2. The molecule has 0 spiro atoms. The zero-order chi connectivity index (χ0) is 27.9. The van der Waals surface area contributed by atoms with Gasteiger partial charge in [0.2, 0.25) is 5.91 Å². The van der Waals surface area contributed by atoms with E-state index in [0.717, 1.165) is 16.8 Å². The second kappa shape index (κ2) is 13.2. The number of likely N-dealkylation sites (tertiary alicyclic amines) is 1. The summed E-state index contributed by atoms with van der Waals surface area (Å²) in [6.07, 6.45) is 2.51. The molecule has 11 nitrogen and oxygen atoms in total. The van der Waals surface area contributed by atoms with Crippen molar-refractivity contribution in [2.75, 3.05) is 50.9 Å². The van der Waals surface area contributed by atoms with Gasteiger partial charge in [-0.1, -0.05) is 0 Å². The fourth-order valence-electron chi connectivity index (χ4n) is 4.81. The van der Waals surface area contributed by atoms with Crippen LogP contribution in [0.3, 0.4) is 0 Å². The molecule has 0 radical (unpaired) electrons. The van der Waals surface area contributed by atoms with Crippen molar-refractivity contribution in [1.82, 2.24) is 19.9 Å². The molecule has 0 aliphatic carbocycles. The molecule has 2 aromatic carbocycles. The molecule has 3 heterocycles. The van der Waals surface area contributed by atoms with Gasteiger partial charge in [0.15, 0.2) is 0 Å². The molecule has 2 aliphatic heterocycles. The number of hydrogen-bond acceptors (Lipinski definition) is 10. The number of benzene rings is 2. The van der Waals surface area contributed by atoms with E-state index in [-0.39, 0.29) is 24.7 Å². The number of nitriles is 1. The third kappa shape index (κ3) is 6.77. The number of carbonyl (C=O) groups excluding carboxylic acids is 1. The number of ether oxygens (including phenoxy) is 2. The quantitative estimate of drug-likeness (QED) is 0.318. The molecule has 2 saturated heterocycles. The molecule has 1 aromatic heterocycles. The van der Waals surface area contributed by atoms with Gasteiger partial charge in [-0.3, -0.25) is 4.79 Å². The van der Waals surface area contributed by atoms with Crippen molar-refractivity contribution in [2.24, 2.45) is 0 Å². The van der Waals surface area contributed by atoms with Crippen LogP contribution in [0, 0.1) is 11.3 Å². The van der Waals surface area contributed by atoms with E-state index in [9.17, 15) is 15.2 Å². The van der Waals surface area contributed by atoms with Crippen molar-refractivity contribution >= 4 is 36.3 Å². The fourth-order valence-corrected chi connectivity index (χ4v) is 6.64. The molecule has 2 aliphatic rings. The number of amides is 1. The van der Waals surface area contributed by atoms with Gasteiger partial charge in [-0.15, -0.1) is 0 Å². The zero-order valence-corrected chi connectivity index (χ0v) is 24.0. The molecular weight excluding hydrogens is 575 g/mol. The summed E-state index contributed by atoms with van der Waals surface area (Å²) in [6, 6.07) is 15.9. The average Bonchev–Trinajstić information content (AvgIpc) is 3.01. The molecule has 0 saturated carbocycles. The first-order valence-electron chi connectivity index (χ1n) is 13.2. The Labute approximate surface area is 239 Å². The number of rotatable bonds is 8. The maximum atomic E-state index is 11.7. The van der Waals surface area contributed by atoms with Crippen LogP contribution in [0.5, 0.6) is 5.75 Å². The van der Waals surface area contributed by atoms with E-state index in [1.165, 1.54) is 10.7 Å². The second-order valence-corrected chi connectivity index (χ2v) is 12.3. The Morgan fingerprint density at radius 1 is 1.12 bits per heavy atom. The molecule has 208 valence electrons. The second-order valence-electron chi connectivity index (χ2n) is 9.60. The summed E-state index contributed by atoms with van der Waals surface area (Å²) < 4.78 is 13.6. The van der Waals surface area contributed by atoms with E-state index in [0.29, 0.717) is 61.8 Å². The zero-order valence-electron chi connectivity index (χ0n) is 21.9. The fraction of sp³-hybridized carbons (Fsp3) is 0.393. The van der Waals surface area contributed by atoms with Crippen molar-refractivity contribution in [3.63, 3.8) is 0 Å². The Morgan fingerprint density at radius 2 is 1.93 bits per heavy atom. The Hall–Kier alpha value is -3.55. The SMILES string of the molecule is N#Cc1cc(-c2ncnc([AsH]c3ccc(N4CCOC(CO)C4)cc3)n2)ccc1OC1CCN(C(=O)CO)CC1. The molecule has 5 rings (SSSR count). The maximum absolute atomic E-state index is 11.7. The van der Waals surface area contributed by atoms with E-state index in [1.807, 2.05) is 6.07 Å².